The van der Waals surface area contributed by atoms with Crippen LogP contribution in [-0.4, -0.2) is 26.6 Å². The van der Waals surface area contributed by atoms with Gasteiger partial charge in [-0.25, -0.2) is 0 Å². The number of nitro groups is 2. The van der Waals surface area contributed by atoms with Gasteiger partial charge in [-0.15, -0.1) is 0 Å². The number of nitrogens with zero attached hydrogens (tertiary/aromatic N) is 3. The number of aliphatic hydroxyl groups is 1. The second kappa shape index (κ2) is 8.35. The number of hydrogen-bond acceptors (Lipinski definition) is 7. The third-order valence-electron chi connectivity index (χ3n) is 5.26. The Morgan fingerprint density at radius 1 is 0.818 bits per heavy atom. The van der Waals surface area contributed by atoms with Gasteiger partial charge in [0.25, 0.3) is 23.1 Å². The van der Waals surface area contributed by atoms with Crippen LogP contribution in [0.3, 0.4) is 0 Å². The summed E-state index contributed by atoms with van der Waals surface area (Å²) in [5.74, 6) is -2.59. The maximum Gasteiger partial charge on any atom is 0.300 e. The second-order valence-corrected chi connectivity index (χ2v) is 7.12. The van der Waals surface area contributed by atoms with Crippen molar-refractivity contribution in [3.63, 3.8) is 0 Å². The molecule has 0 aromatic heterocycles. The Hall–Kier alpha value is -4.86. The number of ketones is 1. The number of carbonyl (C=O) groups excluding carboxylic acids is 2. The predicted octanol–water partition coefficient (Wildman–Crippen LogP) is 4.13. The van der Waals surface area contributed by atoms with Crippen LogP contribution < -0.4 is 4.90 Å². The van der Waals surface area contributed by atoms with Gasteiger partial charge in [-0.3, -0.25) is 34.7 Å². The predicted molar refractivity (Wildman–Crippen MR) is 117 cm³/mol. The molecule has 10 nitrogen and oxygen atoms in total. The molecule has 1 fully saturated rings. The van der Waals surface area contributed by atoms with Crippen molar-refractivity contribution >= 4 is 34.5 Å². The van der Waals surface area contributed by atoms with Crippen LogP contribution in [0, 0.1) is 20.2 Å². The SMILES string of the molecule is O=C1C(=O)N(c2ccccc2)[C@H](c2ccccc2[N+](=O)[O-])C1=C(O)c1ccc([N+](=O)[O-])cc1. The van der Waals surface area contributed by atoms with Gasteiger partial charge in [0.05, 0.1) is 21.0 Å². The molecule has 33 heavy (non-hydrogen) atoms. The monoisotopic (exact) mass is 445 g/mol. The number of Topliss-reactive ketones (excluding diaryl/α,β-unsaturated/α-hetero) is 1. The number of benzene rings is 3. The molecule has 0 saturated carbocycles. The quantitative estimate of drug-likeness (QED) is 0.204. The molecule has 164 valence electrons. The van der Waals surface area contributed by atoms with Crippen molar-refractivity contribution < 1.29 is 24.5 Å². The molecule has 1 aliphatic rings. The van der Waals surface area contributed by atoms with E-state index in [0.717, 1.165) is 17.0 Å². The third kappa shape index (κ3) is 3.69. The summed E-state index contributed by atoms with van der Waals surface area (Å²) in [5, 5.41) is 33.6. The van der Waals surface area contributed by atoms with Gasteiger partial charge >= 0.3 is 0 Å². The van der Waals surface area contributed by atoms with Gasteiger partial charge < -0.3 is 5.11 Å². The molecule has 1 amide bonds. The number of hydrogen-bond donors (Lipinski definition) is 1. The van der Waals surface area contributed by atoms with Crippen LogP contribution in [0.2, 0.25) is 0 Å². The maximum absolute atomic E-state index is 13.1. The summed E-state index contributed by atoms with van der Waals surface area (Å²) in [6, 6.07) is 17.2. The molecule has 1 saturated heterocycles. The molecule has 1 N–H and O–H groups in total. The van der Waals surface area contributed by atoms with Crippen molar-refractivity contribution in [3.8, 4) is 0 Å². The molecule has 10 heteroatoms. The molecular weight excluding hydrogens is 430 g/mol. The van der Waals surface area contributed by atoms with Crippen molar-refractivity contribution in [1.29, 1.82) is 0 Å². The van der Waals surface area contributed by atoms with Crippen molar-refractivity contribution in [2.45, 2.75) is 6.04 Å². The molecule has 0 unspecified atom stereocenters. The maximum atomic E-state index is 13.1. The number of carbonyl (C=O) groups is 2. The van der Waals surface area contributed by atoms with Gasteiger partial charge in [-0.1, -0.05) is 30.3 Å². The van der Waals surface area contributed by atoms with E-state index in [1.165, 1.54) is 36.4 Å². The first kappa shape index (κ1) is 21.4. The molecule has 3 aromatic rings. The van der Waals surface area contributed by atoms with Crippen LogP contribution in [0.15, 0.2) is 84.4 Å². The lowest BCUT2D eigenvalue weighted by molar-refractivity contribution is -0.385. The van der Waals surface area contributed by atoms with E-state index in [4.69, 9.17) is 0 Å². The summed E-state index contributed by atoms with van der Waals surface area (Å²) in [5.41, 5.74) is -0.520. The molecule has 0 radical (unpaired) electrons. The Balaban J connectivity index is 1.98. The van der Waals surface area contributed by atoms with Crippen LogP contribution >= 0.6 is 0 Å². The summed E-state index contributed by atoms with van der Waals surface area (Å²) in [6.45, 7) is 0. The molecule has 0 aliphatic carbocycles. The zero-order chi connectivity index (χ0) is 23.7. The molecule has 1 aliphatic heterocycles. The zero-order valence-corrected chi connectivity index (χ0v) is 16.8. The van der Waals surface area contributed by atoms with Crippen LogP contribution in [0.4, 0.5) is 17.1 Å². The van der Waals surface area contributed by atoms with E-state index >= 15 is 0 Å². The number of anilines is 1. The first-order valence-corrected chi connectivity index (χ1v) is 9.65. The number of para-hydroxylation sites is 2. The minimum atomic E-state index is -1.29. The highest BCUT2D eigenvalue weighted by Crippen LogP contribution is 2.44. The number of non-ortho nitro benzene ring substituents is 1. The highest BCUT2D eigenvalue weighted by molar-refractivity contribution is 6.51. The largest absolute Gasteiger partial charge is 0.507 e. The highest BCUT2D eigenvalue weighted by Gasteiger charge is 2.48. The van der Waals surface area contributed by atoms with Gasteiger partial charge in [-0.05, 0) is 30.3 Å². The van der Waals surface area contributed by atoms with Gasteiger partial charge in [-0.2, -0.15) is 0 Å². The zero-order valence-electron chi connectivity index (χ0n) is 16.8. The van der Waals surface area contributed by atoms with E-state index in [-0.39, 0.29) is 28.1 Å². The van der Waals surface area contributed by atoms with Gasteiger partial charge in [0.2, 0.25) is 0 Å². The standard InChI is InChI=1S/C23H15N3O7/c27-21(14-10-12-16(13-11-14)25(30)31)19-20(17-8-4-5-9-18(17)26(32)33)24(23(29)22(19)28)15-6-2-1-3-7-15/h1-13,20,27H/t20-/m1/s1. The molecular formula is C23H15N3O7. The Bertz CT molecular complexity index is 1320. The first-order valence-electron chi connectivity index (χ1n) is 9.65. The molecule has 0 bridgehead atoms. The fourth-order valence-electron chi connectivity index (χ4n) is 3.76. The van der Waals surface area contributed by atoms with Gasteiger partial charge in [0.15, 0.2) is 0 Å². The highest BCUT2D eigenvalue weighted by atomic mass is 16.6. The van der Waals surface area contributed by atoms with Gasteiger partial charge in [0.1, 0.15) is 11.8 Å². The summed E-state index contributed by atoms with van der Waals surface area (Å²) >= 11 is 0. The lowest BCUT2D eigenvalue weighted by atomic mass is 9.94. The van der Waals surface area contributed by atoms with Crippen molar-refractivity contribution in [2.75, 3.05) is 4.90 Å². The first-order chi connectivity index (χ1) is 15.8. The average molecular weight is 445 g/mol. The number of nitro benzene ring substituents is 2. The van der Waals surface area contributed by atoms with Crippen LogP contribution in [0.5, 0.6) is 0 Å². The number of aliphatic hydroxyl groups excluding tert-OH is 1. The number of amides is 1. The lowest BCUT2D eigenvalue weighted by Crippen LogP contribution is -2.29. The fraction of sp³-hybridized carbons (Fsp3) is 0.0435. The molecule has 3 aromatic carbocycles. The van der Waals surface area contributed by atoms with Crippen molar-refractivity contribution in [2.24, 2.45) is 0 Å². The molecule has 1 atom stereocenters. The Kier molecular flexibility index (Phi) is 5.41. The van der Waals surface area contributed by atoms with Crippen LogP contribution in [-0.2, 0) is 9.59 Å². The topological polar surface area (TPSA) is 144 Å². The van der Waals surface area contributed by atoms with Crippen LogP contribution in [0.25, 0.3) is 5.76 Å². The minimum absolute atomic E-state index is 0.0361. The average Bonchev–Trinajstić information content (AvgIpc) is 3.09. The minimum Gasteiger partial charge on any atom is -0.507 e. The van der Waals surface area contributed by atoms with E-state index < -0.39 is 33.3 Å². The van der Waals surface area contributed by atoms with E-state index in [1.807, 2.05) is 0 Å². The van der Waals surface area contributed by atoms with E-state index in [1.54, 1.807) is 30.3 Å². The Morgan fingerprint density at radius 2 is 1.42 bits per heavy atom. The molecule has 1 heterocycles. The fourth-order valence-corrected chi connectivity index (χ4v) is 3.76. The molecule has 0 spiro atoms. The Morgan fingerprint density at radius 3 is 2.03 bits per heavy atom. The van der Waals surface area contributed by atoms with E-state index in [0.29, 0.717) is 5.69 Å². The van der Waals surface area contributed by atoms with E-state index in [2.05, 4.69) is 0 Å². The van der Waals surface area contributed by atoms with Crippen molar-refractivity contribution in [3.05, 3.63) is 116 Å². The van der Waals surface area contributed by atoms with Crippen LogP contribution in [0.1, 0.15) is 17.2 Å². The third-order valence-corrected chi connectivity index (χ3v) is 5.26. The summed E-state index contributed by atoms with van der Waals surface area (Å²) in [7, 11) is 0. The summed E-state index contributed by atoms with van der Waals surface area (Å²) in [6.07, 6.45) is 0. The molecule has 4 rings (SSSR count). The summed E-state index contributed by atoms with van der Waals surface area (Å²) < 4.78 is 0. The second-order valence-electron chi connectivity index (χ2n) is 7.12. The Labute approximate surface area is 186 Å². The van der Waals surface area contributed by atoms with E-state index in [9.17, 15) is 34.9 Å². The van der Waals surface area contributed by atoms with Crippen molar-refractivity contribution in [1.82, 2.24) is 0 Å². The summed E-state index contributed by atoms with van der Waals surface area (Å²) in [4.78, 5) is 48.6. The lowest BCUT2D eigenvalue weighted by Gasteiger charge is -2.25. The smallest absolute Gasteiger partial charge is 0.300 e. The number of rotatable bonds is 5. The normalized spacial score (nSPS) is 17.2. The van der Waals surface area contributed by atoms with Gasteiger partial charge in [0, 0.05) is 29.4 Å².